The quantitative estimate of drug-likeness (QED) is 0.809. The monoisotopic (exact) mass is 254 g/mol. The molecule has 0 aliphatic heterocycles. The summed E-state index contributed by atoms with van der Waals surface area (Å²) < 4.78 is 0. The lowest BCUT2D eigenvalue weighted by molar-refractivity contribution is 0.588. The fraction of sp³-hybridized carbons (Fsp3) is 0.412. The fourth-order valence-electron chi connectivity index (χ4n) is 3.37. The predicted octanol–water partition coefficient (Wildman–Crippen LogP) is 3.31. The molecule has 1 aromatic rings. The molecule has 100 valence electrons. The molecule has 3 rings (SSSR count). The van der Waals surface area contributed by atoms with E-state index in [1.54, 1.807) is 5.57 Å². The van der Waals surface area contributed by atoms with Crippen LogP contribution >= 0.6 is 0 Å². The van der Waals surface area contributed by atoms with Gasteiger partial charge in [0.25, 0.3) is 0 Å². The van der Waals surface area contributed by atoms with Crippen molar-refractivity contribution in [1.82, 2.24) is 10.9 Å². The summed E-state index contributed by atoms with van der Waals surface area (Å²) in [5.41, 5.74) is 13.7. The first-order valence-electron chi connectivity index (χ1n) is 7.08. The molecular weight excluding hydrogens is 232 g/mol. The number of fused-ring (bicyclic) bond motifs is 2. The first-order valence-corrected chi connectivity index (χ1v) is 7.08. The zero-order valence-electron chi connectivity index (χ0n) is 12.0. The van der Waals surface area contributed by atoms with E-state index in [9.17, 15) is 0 Å². The number of hydrazine groups is 1. The molecule has 0 saturated carbocycles. The van der Waals surface area contributed by atoms with E-state index in [2.05, 4.69) is 55.1 Å². The Kier molecular flexibility index (Phi) is 3.08. The van der Waals surface area contributed by atoms with Crippen molar-refractivity contribution in [2.24, 2.45) is 0 Å². The van der Waals surface area contributed by atoms with E-state index >= 15 is 0 Å². The van der Waals surface area contributed by atoms with Crippen molar-refractivity contribution < 1.29 is 0 Å². The zero-order valence-corrected chi connectivity index (χ0v) is 12.0. The van der Waals surface area contributed by atoms with Crippen LogP contribution in [0.2, 0.25) is 0 Å². The minimum atomic E-state index is 0.186. The molecular formula is C17H22N2. The van der Waals surface area contributed by atoms with Gasteiger partial charge < -0.3 is 0 Å². The smallest absolute Gasteiger partial charge is 0.0351 e. The van der Waals surface area contributed by atoms with Crippen molar-refractivity contribution in [2.45, 2.75) is 38.6 Å². The summed E-state index contributed by atoms with van der Waals surface area (Å²) in [6.45, 7) is 5.59. The summed E-state index contributed by atoms with van der Waals surface area (Å²) in [5.74, 6) is 0. The van der Waals surface area contributed by atoms with Crippen molar-refractivity contribution in [1.29, 1.82) is 0 Å². The van der Waals surface area contributed by atoms with Crippen molar-refractivity contribution in [3.8, 4) is 0 Å². The first-order chi connectivity index (χ1) is 9.14. The van der Waals surface area contributed by atoms with Crippen LogP contribution in [0.3, 0.4) is 0 Å². The molecule has 0 unspecified atom stereocenters. The van der Waals surface area contributed by atoms with E-state index in [1.807, 2.05) is 7.05 Å². The van der Waals surface area contributed by atoms with Crippen LogP contribution in [0.1, 0.15) is 43.4 Å². The molecule has 19 heavy (non-hydrogen) atoms. The van der Waals surface area contributed by atoms with Gasteiger partial charge in [0, 0.05) is 12.0 Å². The highest BCUT2D eigenvalue weighted by atomic mass is 15.3. The number of hydrogen-bond donors (Lipinski definition) is 2. The van der Waals surface area contributed by atoms with Crippen LogP contribution in [-0.4, -0.2) is 7.05 Å². The minimum absolute atomic E-state index is 0.186. The van der Waals surface area contributed by atoms with Crippen LogP contribution in [0.4, 0.5) is 0 Å². The maximum absolute atomic E-state index is 3.17. The lowest BCUT2D eigenvalue weighted by atomic mass is 9.78. The normalized spacial score (nSPS) is 19.5. The molecule has 2 aliphatic rings. The highest BCUT2D eigenvalue weighted by Crippen LogP contribution is 2.50. The molecule has 0 atom stereocenters. The largest absolute Gasteiger partial charge is 0.261 e. The Morgan fingerprint density at radius 3 is 2.89 bits per heavy atom. The molecule has 1 aromatic carbocycles. The number of nitrogens with one attached hydrogen (secondary N) is 2. The van der Waals surface area contributed by atoms with E-state index < -0.39 is 0 Å². The molecule has 2 heteroatoms. The Morgan fingerprint density at radius 1 is 1.26 bits per heavy atom. The number of allylic oxidation sites excluding steroid dienone is 4. The average Bonchev–Trinajstić information content (AvgIpc) is 2.66. The molecule has 2 N–H and O–H groups in total. The summed E-state index contributed by atoms with van der Waals surface area (Å²) >= 11 is 0. The van der Waals surface area contributed by atoms with Crippen LogP contribution in [0.25, 0.3) is 5.57 Å². The summed E-state index contributed by atoms with van der Waals surface area (Å²) in [5, 5.41) is 0. The summed E-state index contributed by atoms with van der Waals surface area (Å²) in [4.78, 5) is 0. The molecule has 0 heterocycles. The summed E-state index contributed by atoms with van der Waals surface area (Å²) in [7, 11) is 1.91. The standard InChI is InChI=1S/C17H22N2/c1-17(2)15-7-5-4-6-13(15)14-9-8-12(10-16(14)17)11-19-18-3/h4,6,8-10,18-19H,5,7,11H2,1-3H3. The molecule has 0 saturated heterocycles. The van der Waals surface area contributed by atoms with Gasteiger partial charge in [0.1, 0.15) is 0 Å². The molecule has 0 amide bonds. The molecule has 0 spiro atoms. The minimum Gasteiger partial charge on any atom is -0.261 e. The molecule has 0 bridgehead atoms. The van der Waals surface area contributed by atoms with Gasteiger partial charge in [-0.3, -0.25) is 10.9 Å². The number of hydrogen-bond acceptors (Lipinski definition) is 2. The van der Waals surface area contributed by atoms with Gasteiger partial charge in [-0.1, -0.05) is 49.8 Å². The van der Waals surface area contributed by atoms with E-state index in [4.69, 9.17) is 0 Å². The second-order valence-electron chi connectivity index (χ2n) is 5.94. The van der Waals surface area contributed by atoms with Crippen LogP contribution in [0.5, 0.6) is 0 Å². The second kappa shape index (κ2) is 4.62. The van der Waals surface area contributed by atoms with E-state index in [0.29, 0.717) is 0 Å². The highest BCUT2D eigenvalue weighted by Gasteiger charge is 2.37. The first kappa shape index (κ1) is 12.6. The lowest BCUT2D eigenvalue weighted by Gasteiger charge is -2.26. The third-order valence-corrected chi connectivity index (χ3v) is 4.44. The van der Waals surface area contributed by atoms with E-state index in [-0.39, 0.29) is 5.41 Å². The van der Waals surface area contributed by atoms with Gasteiger partial charge in [-0.25, -0.2) is 0 Å². The van der Waals surface area contributed by atoms with Crippen molar-refractivity contribution in [3.63, 3.8) is 0 Å². The molecule has 0 aromatic heterocycles. The third kappa shape index (κ3) is 1.96. The van der Waals surface area contributed by atoms with Gasteiger partial charge in [0.2, 0.25) is 0 Å². The maximum Gasteiger partial charge on any atom is 0.0351 e. The van der Waals surface area contributed by atoms with Crippen molar-refractivity contribution in [3.05, 3.63) is 52.6 Å². The Labute approximate surface area is 115 Å². The van der Waals surface area contributed by atoms with Crippen molar-refractivity contribution in [2.75, 3.05) is 7.05 Å². The van der Waals surface area contributed by atoms with Crippen LogP contribution < -0.4 is 10.9 Å². The third-order valence-electron chi connectivity index (χ3n) is 4.44. The van der Waals surface area contributed by atoms with E-state index in [1.165, 1.54) is 35.1 Å². The second-order valence-corrected chi connectivity index (χ2v) is 5.94. The summed E-state index contributed by atoms with van der Waals surface area (Å²) in [6.07, 6.45) is 7.01. The summed E-state index contributed by atoms with van der Waals surface area (Å²) in [6, 6.07) is 6.89. The van der Waals surface area contributed by atoms with Crippen LogP contribution in [0.15, 0.2) is 35.9 Å². The Morgan fingerprint density at radius 2 is 2.11 bits per heavy atom. The lowest BCUT2D eigenvalue weighted by Crippen LogP contribution is -2.27. The molecule has 0 fully saturated rings. The predicted molar refractivity (Wildman–Crippen MR) is 80.7 cm³/mol. The topological polar surface area (TPSA) is 24.1 Å². The number of rotatable bonds is 3. The van der Waals surface area contributed by atoms with Crippen LogP contribution in [0, 0.1) is 0 Å². The number of benzene rings is 1. The SMILES string of the molecule is CNNCc1ccc2c(c1)C(C)(C)C1=C2C=CCC1. The van der Waals surface area contributed by atoms with Gasteiger partial charge in [0.15, 0.2) is 0 Å². The van der Waals surface area contributed by atoms with Gasteiger partial charge in [-0.2, -0.15) is 0 Å². The van der Waals surface area contributed by atoms with E-state index in [0.717, 1.165) is 6.54 Å². The van der Waals surface area contributed by atoms with Gasteiger partial charge >= 0.3 is 0 Å². The van der Waals surface area contributed by atoms with Gasteiger partial charge in [0.05, 0.1) is 0 Å². The highest BCUT2D eigenvalue weighted by molar-refractivity contribution is 5.86. The average molecular weight is 254 g/mol. The molecule has 2 aliphatic carbocycles. The van der Waals surface area contributed by atoms with Crippen molar-refractivity contribution >= 4 is 5.57 Å². The zero-order chi connectivity index (χ0) is 13.5. The van der Waals surface area contributed by atoms with Gasteiger partial charge in [-0.05, 0) is 42.2 Å². The molecule has 2 nitrogen and oxygen atoms in total. The van der Waals surface area contributed by atoms with Crippen LogP contribution in [-0.2, 0) is 12.0 Å². The Hall–Kier alpha value is -1.38. The Bertz CT molecular complexity index is 565. The van der Waals surface area contributed by atoms with Gasteiger partial charge in [-0.15, -0.1) is 0 Å². The Balaban J connectivity index is 2.04. The molecule has 0 radical (unpaired) electrons. The fourth-order valence-corrected chi connectivity index (χ4v) is 3.37. The maximum atomic E-state index is 3.17.